The van der Waals surface area contributed by atoms with Gasteiger partial charge >= 0.3 is 8.53 Å². The van der Waals surface area contributed by atoms with Gasteiger partial charge in [0.15, 0.2) is 5.65 Å². The molecule has 1 N–H and O–H groups in total. The van der Waals surface area contributed by atoms with Crippen LogP contribution in [0.2, 0.25) is 0 Å². The van der Waals surface area contributed by atoms with E-state index in [1.165, 1.54) is 10.8 Å². The lowest BCUT2D eigenvalue weighted by Crippen LogP contribution is -2.43. The van der Waals surface area contributed by atoms with Crippen molar-refractivity contribution in [1.29, 1.82) is 0 Å². The second kappa shape index (κ2) is 23.3. The van der Waals surface area contributed by atoms with E-state index in [-0.39, 0.29) is 37.2 Å². The number of carbonyl (C=O) groups excluding carboxylic acids is 1. The van der Waals surface area contributed by atoms with Crippen LogP contribution in [0.25, 0.3) is 5.65 Å². The third kappa shape index (κ3) is 11.1. The van der Waals surface area contributed by atoms with E-state index in [0.29, 0.717) is 41.3 Å². The molecule has 0 radical (unpaired) electrons. The summed E-state index contributed by atoms with van der Waals surface area (Å²) in [6, 6.07) is 34.7. The zero-order valence-corrected chi connectivity index (χ0v) is 40.1. The molecule has 354 valence electrons. The molecule has 6 aromatic rings. The number of methoxy groups -OCH3 is 3. The molecule has 1 aliphatic rings. The standard InChI is InChI=1S/C50H60N7O9P/c1-9-28-54-66-67(57(34(2)3)35(4)5)65-45-43(32-63-50(37-18-14-11-15-19-37,38-20-24-40(60-7)25-21-38)39-22-26-41(61-8)27-23-39)64-44(46(45)62-30-29-59-6)42-31-53-56-47(42)51-33-52-49(56)55-48(58)36-16-12-10-13-17-36/h10-28,31,33-35,43-46H,9,29-30,32H2,1-8H3,(H,51,52,55,58)/b54-28+. The number of amides is 1. The zero-order valence-electron chi connectivity index (χ0n) is 39.2. The van der Waals surface area contributed by atoms with Gasteiger partial charge in [-0.05, 0) is 87.2 Å². The maximum absolute atomic E-state index is 13.3. The summed E-state index contributed by atoms with van der Waals surface area (Å²) in [4.78, 5) is 22.4. The molecule has 1 amide bonds. The van der Waals surface area contributed by atoms with Crippen LogP contribution < -0.4 is 14.8 Å². The number of nitrogens with zero attached hydrogens (tertiary/aromatic N) is 6. The van der Waals surface area contributed by atoms with E-state index in [1.54, 1.807) is 58.0 Å². The molecule has 0 spiro atoms. The van der Waals surface area contributed by atoms with Crippen LogP contribution in [0, 0.1) is 0 Å². The van der Waals surface area contributed by atoms with Gasteiger partial charge in [0.1, 0.15) is 47.8 Å². The summed E-state index contributed by atoms with van der Waals surface area (Å²) in [7, 11) is 3.04. The SMILES string of the molecule is CC/C=N/OP(OC1C(COC(c2ccccc2)(c2ccc(OC)cc2)c2ccc(OC)cc2)OC(c2cnn3c(NC(=O)c4ccccc4)ncnc23)C1OCCOC)N(C(C)C)C(C)C. The molecule has 17 heteroatoms. The van der Waals surface area contributed by atoms with Crippen LogP contribution in [0.4, 0.5) is 5.95 Å². The normalized spacial score (nSPS) is 18.0. The number of fused-ring (bicyclic) bond motifs is 1. The molecule has 0 saturated carbocycles. The first-order chi connectivity index (χ1) is 32.6. The first-order valence-electron chi connectivity index (χ1n) is 22.4. The summed E-state index contributed by atoms with van der Waals surface area (Å²) in [5.41, 5.74) is 2.82. The summed E-state index contributed by atoms with van der Waals surface area (Å²) in [6.45, 7) is 10.9. The summed E-state index contributed by atoms with van der Waals surface area (Å²) in [5.74, 6) is 1.22. The summed E-state index contributed by atoms with van der Waals surface area (Å²) >= 11 is 0. The minimum Gasteiger partial charge on any atom is -0.497 e. The maximum Gasteiger partial charge on any atom is 0.347 e. The van der Waals surface area contributed by atoms with Gasteiger partial charge in [-0.2, -0.15) is 9.61 Å². The van der Waals surface area contributed by atoms with Crippen molar-refractivity contribution < 1.29 is 42.4 Å². The minimum absolute atomic E-state index is 0.00437. The Hall–Kier alpha value is -5.84. The van der Waals surface area contributed by atoms with Gasteiger partial charge in [0.25, 0.3) is 5.91 Å². The third-order valence-electron chi connectivity index (χ3n) is 11.3. The second-order valence-corrected chi connectivity index (χ2v) is 17.6. The van der Waals surface area contributed by atoms with Gasteiger partial charge in [-0.3, -0.25) is 10.1 Å². The van der Waals surface area contributed by atoms with Crippen LogP contribution >= 0.6 is 8.53 Å². The Morgan fingerprint density at radius 3 is 2.03 bits per heavy atom. The van der Waals surface area contributed by atoms with Crippen molar-refractivity contribution in [1.82, 2.24) is 24.3 Å². The molecular weight excluding hydrogens is 874 g/mol. The molecule has 67 heavy (non-hydrogen) atoms. The zero-order chi connectivity index (χ0) is 47.3. The first-order valence-corrected chi connectivity index (χ1v) is 23.5. The van der Waals surface area contributed by atoms with E-state index in [2.05, 4.69) is 57.9 Å². The molecule has 7 rings (SSSR count). The number of hydrogen-bond acceptors (Lipinski definition) is 14. The van der Waals surface area contributed by atoms with Crippen LogP contribution in [0.1, 0.15) is 79.8 Å². The van der Waals surface area contributed by atoms with Crippen LogP contribution in [0.5, 0.6) is 11.5 Å². The van der Waals surface area contributed by atoms with Crippen molar-refractivity contribution in [2.75, 3.05) is 46.5 Å². The van der Waals surface area contributed by atoms with Crippen LogP contribution in [-0.2, 0) is 33.7 Å². The Balaban J connectivity index is 1.36. The van der Waals surface area contributed by atoms with Crippen molar-refractivity contribution in [3.05, 3.63) is 150 Å². The molecule has 5 unspecified atom stereocenters. The van der Waals surface area contributed by atoms with Crippen molar-refractivity contribution >= 4 is 32.2 Å². The highest BCUT2D eigenvalue weighted by molar-refractivity contribution is 7.44. The fourth-order valence-corrected chi connectivity index (χ4v) is 9.79. The molecule has 5 atom stereocenters. The molecule has 0 bridgehead atoms. The lowest BCUT2D eigenvalue weighted by molar-refractivity contribution is -0.0805. The van der Waals surface area contributed by atoms with Crippen LogP contribution in [0.3, 0.4) is 0 Å². The highest BCUT2D eigenvalue weighted by Crippen LogP contribution is 2.52. The summed E-state index contributed by atoms with van der Waals surface area (Å²) in [5, 5.41) is 11.9. The molecule has 1 saturated heterocycles. The van der Waals surface area contributed by atoms with Gasteiger partial charge in [-0.15, -0.1) is 0 Å². The van der Waals surface area contributed by atoms with Crippen molar-refractivity contribution in [2.24, 2.45) is 5.16 Å². The number of nitrogens with one attached hydrogen (secondary N) is 1. The van der Waals surface area contributed by atoms with Gasteiger partial charge < -0.3 is 37.6 Å². The Morgan fingerprint density at radius 2 is 1.45 bits per heavy atom. The van der Waals surface area contributed by atoms with Gasteiger partial charge in [-0.1, -0.05) is 84.9 Å². The number of benzene rings is 4. The van der Waals surface area contributed by atoms with Gasteiger partial charge in [0.05, 0.1) is 40.2 Å². The molecule has 1 aliphatic heterocycles. The molecular formula is C50H60N7O9P. The number of rotatable bonds is 23. The number of carbonyl (C=O) groups is 1. The number of aromatic nitrogens is 4. The summed E-state index contributed by atoms with van der Waals surface area (Å²) in [6.07, 6.45) is 2.19. The molecule has 1 fully saturated rings. The predicted molar refractivity (Wildman–Crippen MR) is 256 cm³/mol. The maximum atomic E-state index is 13.3. The Kier molecular flexibility index (Phi) is 17.0. The third-order valence-corrected chi connectivity index (χ3v) is 13.2. The molecule has 4 aromatic carbocycles. The van der Waals surface area contributed by atoms with Gasteiger partial charge in [0.2, 0.25) is 5.95 Å². The predicted octanol–water partition coefficient (Wildman–Crippen LogP) is 9.02. The van der Waals surface area contributed by atoms with Crippen molar-refractivity contribution in [3.63, 3.8) is 0 Å². The van der Waals surface area contributed by atoms with Crippen molar-refractivity contribution in [2.45, 2.75) is 83.1 Å². The van der Waals surface area contributed by atoms with E-state index >= 15 is 0 Å². The highest BCUT2D eigenvalue weighted by Gasteiger charge is 2.52. The van der Waals surface area contributed by atoms with Crippen molar-refractivity contribution in [3.8, 4) is 11.5 Å². The average molecular weight is 934 g/mol. The van der Waals surface area contributed by atoms with E-state index in [0.717, 1.165) is 16.7 Å². The van der Waals surface area contributed by atoms with Gasteiger partial charge in [-0.25, -0.2) is 14.6 Å². The Bertz CT molecular complexity index is 2440. The molecule has 2 aromatic heterocycles. The number of ether oxygens (including phenoxy) is 6. The fraction of sp³-hybridized carbons (Fsp3) is 0.380. The number of hydrogen-bond donors (Lipinski definition) is 1. The second-order valence-electron chi connectivity index (χ2n) is 16.2. The average Bonchev–Trinajstić information content (AvgIpc) is 3.94. The summed E-state index contributed by atoms with van der Waals surface area (Å²) < 4.78 is 55.3. The Labute approximate surface area is 393 Å². The lowest BCUT2D eigenvalue weighted by Gasteiger charge is -2.38. The smallest absolute Gasteiger partial charge is 0.347 e. The van der Waals surface area contributed by atoms with Gasteiger partial charge in [0, 0.05) is 36.5 Å². The van der Waals surface area contributed by atoms with Crippen LogP contribution in [-0.4, -0.2) is 108 Å². The fourth-order valence-electron chi connectivity index (χ4n) is 8.19. The number of oxime groups is 1. The van der Waals surface area contributed by atoms with E-state index in [1.807, 2.05) is 91.9 Å². The molecule has 16 nitrogen and oxygen atoms in total. The lowest BCUT2D eigenvalue weighted by atomic mass is 9.80. The quantitative estimate of drug-likeness (QED) is 0.0213. The van der Waals surface area contributed by atoms with E-state index in [4.69, 9.17) is 37.6 Å². The highest BCUT2D eigenvalue weighted by atomic mass is 31.2. The largest absolute Gasteiger partial charge is 0.497 e. The molecule has 0 aliphatic carbocycles. The van der Waals surface area contributed by atoms with E-state index in [9.17, 15) is 4.79 Å². The molecule has 3 heterocycles. The van der Waals surface area contributed by atoms with Crippen LogP contribution in [0.15, 0.2) is 127 Å². The monoisotopic (exact) mass is 933 g/mol. The first kappa shape index (κ1) is 49.1. The minimum atomic E-state index is -1.86. The van der Waals surface area contributed by atoms with E-state index < -0.39 is 38.5 Å². The topological polar surface area (TPSA) is 162 Å². The number of anilines is 1. The Morgan fingerprint density at radius 1 is 0.836 bits per heavy atom.